The monoisotopic (exact) mass is 283 g/mol. The van der Waals surface area contributed by atoms with E-state index < -0.39 is 28.4 Å². The van der Waals surface area contributed by atoms with Crippen LogP contribution >= 0.6 is 0 Å². The Morgan fingerprint density at radius 2 is 2.11 bits per heavy atom. The molecule has 7 nitrogen and oxygen atoms in total. The fourth-order valence-electron chi connectivity index (χ4n) is 1.84. The molecule has 0 radical (unpaired) electrons. The lowest BCUT2D eigenvalue weighted by molar-refractivity contribution is -0.120. The summed E-state index contributed by atoms with van der Waals surface area (Å²) in [5.74, 6) is -1.26. The minimum Gasteiger partial charge on any atom is -0.399 e. The number of hydrogen-bond donors (Lipinski definition) is 2. The first-order chi connectivity index (χ1) is 8.87. The lowest BCUT2D eigenvalue weighted by atomic mass is 10.2. The largest absolute Gasteiger partial charge is 0.399 e. The minimum atomic E-state index is -3.96. The number of carbonyl (C=O) groups is 2. The number of sulfonamides is 1. The van der Waals surface area contributed by atoms with Crippen molar-refractivity contribution in [1.82, 2.24) is 9.62 Å². The molecule has 0 fully saturated rings. The Hall–Kier alpha value is -2.09. The van der Waals surface area contributed by atoms with E-state index in [9.17, 15) is 18.0 Å². The summed E-state index contributed by atoms with van der Waals surface area (Å²) < 4.78 is 24.8. The standard InChI is InChI=1S/C11H13N3O4S/c1-2-13-10(15)6-14-11(16)8-5-7(12)3-4-9(8)19(14,17)18/h3-5H,2,6,12H2,1H3,(H,13,15). The van der Waals surface area contributed by atoms with Crippen molar-refractivity contribution in [2.75, 3.05) is 18.8 Å². The van der Waals surface area contributed by atoms with Crippen molar-refractivity contribution in [3.8, 4) is 0 Å². The molecule has 0 spiro atoms. The first-order valence-corrected chi connectivity index (χ1v) is 7.05. The van der Waals surface area contributed by atoms with Gasteiger partial charge in [-0.1, -0.05) is 0 Å². The van der Waals surface area contributed by atoms with E-state index in [0.29, 0.717) is 16.5 Å². The highest BCUT2D eigenvalue weighted by molar-refractivity contribution is 7.90. The second-order valence-corrected chi connectivity index (χ2v) is 5.86. The fourth-order valence-corrected chi connectivity index (χ4v) is 3.35. The van der Waals surface area contributed by atoms with Crippen molar-refractivity contribution in [3.05, 3.63) is 23.8 Å². The summed E-state index contributed by atoms with van der Waals surface area (Å²) in [6, 6.07) is 3.97. The van der Waals surface area contributed by atoms with E-state index in [4.69, 9.17) is 5.73 Å². The second-order valence-electron chi connectivity index (χ2n) is 4.03. The van der Waals surface area contributed by atoms with E-state index in [-0.39, 0.29) is 10.5 Å². The van der Waals surface area contributed by atoms with E-state index in [2.05, 4.69) is 5.32 Å². The first kappa shape index (κ1) is 13.3. The third-order valence-corrected chi connectivity index (χ3v) is 4.48. The molecular weight excluding hydrogens is 270 g/mol. The zero-order valence-electron chi connectivity index (χ0n) is 10.2. The molecule has 1 heterocycles. The molecule has 1 aromatic rings. The van der Waals surface area contributed by atoms with Crippen molar-refractivity contribution in [2.24, 2.45) is 0 Å². The number of nitrogens with two attached hydrogens (primary N) is 1. The molecule has 2 amide bonds. The van der Waals surface area contributed by atoms with E-state index in [0.717, 1.165) is 0 Å². The molecule has 1 aliphatic rings. The van der Waals surface area contributed by atoms with Crippen LogP contribution in [-0.4, -0.2) is 37.6 Å². The van der Waals surface area contributed by atoms with Crippen LogP contribution in [0, 0.1) is 0 Å². The van der Waals surface area contributed by atoms with Crippen LogP contribution in [0.2, 0.25) is 0 Å². The van der Waals surface area contributed by atoms with Gasteiger partial charge in [0.1, 0.15) is 11.4 Å². The van der Waals surface area contributed by atoms with Gasteiger partial charge < -0.3 is 11.1 Å². The highest BCUT2D eigenvalue weighted by Crippen LogP contribution is 2.31. The third-order valence-electron chi connectivity index (χ3n) is 2.69. The molecule has 0 saturated heterocycles. The zero-order valence-corrected chi connectivity index (χ0v) is 11.0. The van der Waals surface area contributed by atoms with Crippen LogP contribution in [0.25, 0.3) is 0 Å². The number of anilines is 1. The first-order valence-electron chi connectivity index (χ1n) is 5.61. The van der Waals surface area contributed by atoms with Crippen LogP contribution in [-0.2, 0) is 14.8 Å². The number of benzene rings is 1. The van der Waals surface area contributed by atoms with Gasteiger partial charge in [0.15, 0.2) is 0 Å². The Bertz CT molecular complexity index is 654. The van der Waals surface area contributed by atoms with Crippen LogP contribution in [0.3, 0.4) is 0 Å². The maximum atomic E-state index is 12.1. The number of nitrogen functional groups attached to an aromatic ring is 1. The van der Waals surface area contributed by atoms with Crippen LogP contribution in [0.15, 0.2) is 23.1 Å². The molecule has 8 heteroatoms. The Balaban J connectivity index is 2.40. The number of rotatable bonds is 3. The quantitative estimate of drug-likeness (QED) is 0.730. The molecule has 19 heavy (non-hydrogen) atoms. The average molecular weight is 283 g/mol. The normalized spacial score (nSPS) is 16.3. The highest BCUT2D eigenvalue weighted by Gasteiger charge is 2.42. The summed E-state index contributed by atoms with van der Waals surface area (Å²) in [5.41, 5.74) is 5.83. The van der Waals surface area contributed by atoms with Gasteiger partial charge in [0.2, 0.25) is 5.91 Å². The van der Waals surface area contributed by atoms with E-state index >= 15 is 0 Å². The molecule has 0 aliphatic carbocycles. The molecule has 102 valence electrons. The zero-order chi connectivity index (χ0) is 14.2. The summed E-state index contributed by atoms with van der Waals surface area (Å²) in [4.78, 5) is 23.4. The van der Waals surface area contributed by atoms with E-state index in [1.54, 1.807) is 6.92 Å². The molecule has 0 unspecified atom stereocenters. The second kappa shape index (κ2) is 4.54. The maximum Gasteiger partial charge on any atom is 0.269 e. The SMILES string of the molecule is CCNC(=O)CN1C(=O)c2cc(N)ccc2S1(=O)=O. The lowest BCUT2D eigenvalue weighted by Crippen LogP contribution is -2.40. The summed E-state index contributed by atoms with van der Waals surface area (Å²) in [6.45, 7) is 1.54. The Morgan fingerprint density at radius 3 is 2.74 bits per heavy atom. The molecule has 0 bridgehead atoms. The van der Waals surface area contributed by atoms with Crippen molar-refractivity contribution in [2.45, 2.75) is 11.8 Å². The Kier molecular flexibility index (Phi) is 3.19. The number of amides is 2. The summed E-state index contributed by atoms with van der Waals surface area (Å²) >= 11 is 0. The van der Waals surface area contributed by atoms with Crippen molar-refractivity contribution in [3.63, 3.8) is 0 Å². The summed E-state index contributed by atoms with van der Waals surface area (Å²) in [7, 11) is -3.96. The number of nitrogens with one attached hydrogen (secondary N) is 1. The Morgan fingerprint density at radius 1 is 1.42 bits per heavy atom. The smallest absolute Gasteiger partial charge is 0.269 e. The van der Waals surface area contributed by atoms with Gasteiger partial charge in [-0.3, -0.25) is 9.59 Å². The van der Waals surface area contributed by atoms with Gasteiger partial charge in [-0.2, -0.15) is 0 Å². The summed E-state index contributed by atoms with van der Waals surface area (Å²) in [6.07, 6.45) is 0. The molecule has 0 saturated carbocycles. The lowest BCUT2D eigenvalue weighted by Gasteiger charge is -2.14. The fraction of sp³-hybridized carbons (Fsp3) is 0.273. The van der Waals surface area contributed by atoms with Gasteiger partial charge in [0, 0.05) is 12.2 Å². The maximum absolute atomic E-state index is 12.1. The molecule has 2 rings (SSSR count). The molecule has 0 aromatic heterocycles. The van der Waals surface area contributed by atoms with E-state index in [1.165, 1.54) is 18.2 Å². The topological polar surface area (TPSA) is 110 Å². The Labute approximate surface area is 110 Å². The third kappa shape index (κ3) is 2.14. The highest BCUT2D eigenvalue weighted by atomic mass is 32.2. The van der Waals surface area contributed by atoms with Gasteiger partial charge in [0.05, 0.1) is 5.56 Å². The minimum absolute atomic E-state index is 0.00398. The number of fused-ring (bicyclic) bond motifs is 1. The predicted molar refractivity (Wildman–Crippen MR) is 67.8 cm³/mol. The van der Waals surface area contributed by atoms with Crippen molar-refractivity contribution >= 4 is 27.5 Å². The van der Waals surface area contributed by atoms with Crippen LogP contribution < -0.4 is 11.1 Å². The number of hydrogen-bond acceptors (Lipinski definition) is 5. The van der Waals surface area contributed by atoms with E-state index in [1.807, 2.05) is 0 Å². The van der Waals surface area contributed by atoms with Crippen molar-refractivity contribution in [1.29, 1.82) is 0 Å². The number of carbonyl (C=O) groups excluding carboxylic acids is 2. The van der Waals surface area contributed by atoms with Crippen LogP contribution in [0.4, 0.5) is 5.69 Å². The van der Waals surface area contributed by atoms with Gasteiger partial charge in [-0.05, 0) is 25.1 Å². The van der Waals surface area contributed by atoms with Crippen LogP contribution in [0.1, 0.15) is 17.3 Å². The average Bonchev–Trinajstić information content (AvgIpc) is 2.51. The van der Waals surface area contributed by atoms with Gasteiger partial charge in [0.25, 0.3) is 15.9 Å². The van der Waals surface area contributed by atoms with Crippen molar-refractivity contribution < 1.29 is 18.0 Å². The van der Waals surface area contributed by atoms with Gasteiger partial charge >= 0.3 is 0 Å². The molecule has 3 N–H and O–H groups in total. The molecule has 1 aliphatic heterocycles. The molecule has 0 atom stereocenters. The summed E-state index contributed by atoms with van der Waals surface area (Å²) in [5, 5.41) is 2.45. The molecular formula is C11H13N3O4S. The van der Waals surface area contributed by atoms with Crippen LogP contribution in [0.5, 0.6) is 0 Å². The van der Waals surface area contributed by atoms with Gasteiger partial charge in [-0.15, -0.1) is 0 Å². The molecule has 1 aromatic carbocycles. The predicted octanol–water partition coefficient (Wildman–Crippen LogP) is -0.451. The number of nitrogens with zero attached hydrogens (tertiary/aromatic N) is 1. The van der Waals surface area contributed by atoms with Gasteiger partial charge in [-0.25, -0.2) is 12.7 Å². The number of likely N-dealkylation sites (N-methyl/N-ethyl adjacent to an activating group) is 1.